The maximum absolute atomic E-state index is 12.5. The van der Waals surface area contributed by atoms with Gasteiger partial charge in [0.15, 0.2) is 0 Å². The van der Waals surface area contributed by atoms with Gasteiger partial charge in [0.2, 0.25) is 0 Å². The van der Waals surface area contributed by atoms with Gasteiger partial charge in [0.1, 0.15) is 18.1 Å². The highest BCUT2D eigenvalue weighted by Crippen LogP contribution is 2.12. The Bertz CT molecular complexity index is 379. The molecule has 1 rings (SSSR count). The highest BCUT2D eigenvalue weighted by atomic mass is 35.5. The summed E-state index contributed by atoms with van der Waals surface area (Å²) in [5, 5.41) is 0. The minimum Gasteiger partial charge on any atom is -0.469 e. The molecule has 6 heteroatoms. The number of nitrogens with zero attached hydrogens (tertiary/aromatic N) is 1. The average molecular weight is 247 g/mol. The molecule has 0 saturated carbocycles. The van der Waals surface area contributed by atoms with E-state index >= 15 is 0 Å². The van der Waals surface area contributed by atoms with Crippen LogP contribution in [0.25, 0.3) is 0 Å². The van der Waals surface area contributed by atoms with E-state index in [2.05, 4.69) is 9.73 Å². The molecule has 0 amide bonds. The molecule has 0 spiro atoms. The Morgan fingerprint density at radius 1 is 1.44 bits per heavy atom. The van der Waals surface area contributed by atoms with Crippen LogP contribution in [0.1, 0.15) is 6.42 Å². The van der Waals surface area contributed by atoms with Crippen molar-refractivity contribution in [2.75, 3.05) is 7.11 Å². The molecule has 0 unspecified atom stereocenters. The maximum atomic E-state index is 12.5. The number of rotatable bonds is 3. The lowest BCUT2D eigenvalue weighted by molar-refractivity contribution is -0.139. The van der Waals surface area contributed by atoms with E-state index in [0.717, 1.165) is 0 Å². The van der Waals surface area contributed by atoms with Crippen LogP contribution in [-0.4, -0.2) is 18.9 Å². The summed E-state index contributed by atoms with van der Waals surface area (Å²) in [6.07, 6.45) is -0.0755. The highest BCUT2D eigenvalue weighted by Gasteiger charge is 2.03. The molecule has 0 aliphatic heterocycles. The lowest BCUT2D eigenvalue weighted by Gasteiger charge is -1.99. The van der Waals surface area contributed by atoms with Crippen LogP contribution in [0.2, 0.25) is 0 Å². The number of esters is 1. The molecule has 0 atom stereocenters. The third-order valence-corrected chi connectivity index (χ3v) is 1.65. The normalized spacial score (nSPS) is 10.5. The Kier molecular flexibility index (Phi) is 6.10. The zero-order valence-electron chi connectivity index (χ0n) is 8.64. The van der Waals surface area contributed by atoms with Gasteiger partial charge < -0.3 is 10.5 Å². The third-order valence-electron chi connectivity index (χ3n) is 1.65. The van der Waals surface area contributed by atoms with Crippen molar-refractivity contribution in [3.8, 4) is 0 Å². The Morgan fingerprint density at radius 2 is 2.00 bits per heavy atom. The van der Waals surface area contributed by atoms with Crippen molar-refractivity contribution in [1.29, 1.82) is 0 Å². The maximum Gasteiger partial charge on any atom is 0.313 e. The molecule has 16 heavy (non-hydrogen) atoms. The summed E-state index contributed by atoms with van der Waals surface area (Å²) in [7, 11) is 1.27. The highest BCUT2D eigenvalue weighted by molar-refractivity contribution is 5.97. The van der Waals surface area contributed by atoms with E-state index in [1.807, 2.05) is 0 Å². The topological polar surface area (TPSA) is 64.7 Å². The molecule has 0 radical (unpaired) electrons. The Labute approximate surface area is 98.7 Å². The van der Waals surface area contributed by atoms with E-state index in [4.69, 9.17) is 5.73 Å². The smallest absolute Gasteiger partial charge is 0.313 e. The summed E-state index contributed by atoms with van der Waals surface area (Å²) in [6.45, 7) is 0. The molecule has 0 aromatic heterocycles. The fourth-order valence-electron chi connectivity index (χ4n) is 0.941. The zero-order chi connectivity index (χ0) is 11.3. The van der Waals surface area contributed by atoms with Gasteiger partial charge in [-0.1, -0.05) is 0 Å². The fourth-order valence-corrected chi connectivity index (χ4v) is 0.941. The number of carbonyl (C=O) groups excluding carboxylic acids is 1. The van der Waals surface area contributed by atoms with E-state index in [-0.39, 0.29) is 30.5 Å². The molecule has 0 heterocycles. The summed E-state index contributed by atoms with van der Waals surface area (Å²) in [6, 6.07) is 5.48. The first-order valence-electron chi connectivity index (χ1n) is 4.27. The number of carbonyl (C=O) groups is 1. The SMILES string of the molecule is COC(=O)CC(N)=Nc1ccc(F)cc1.Cl. The second-order valence-electron chi connectivity index (χ2n) is 2.83. The molecular formula is C10H12ClFN2O2. The van der Waals surface area contributed by atoms with Crippen molar-refractivity contribution >= 4 is 29.9 Å². The van der Waals surface area contributed by atoms with Gasteiger partial charge in [-0.05, 0) is 24.3 Å². The van der Waals surface area contributed by atoms with Crippen LogP contribution in [0.4, 0.5) is 10.1 Å². The molecule has 1 aromatic carbocycles. The number of hydrogen-bond donors (Lipinski definition) is 1. The number of amidine groups is 1. The summed E-state index contributed by atoms with van der Waals surface area (Å²) in [5.74, 6) is -0.674. The molecule has 88 valence electrons. The Balaban J connectivity index is 0.00000225. The van der Waals surface area contributed by atoms with Gasteiger partial charge in [-0.3, -0.25) is 4.79 Å². The van der Waals surface area contributed by atoms with E-state index in [0.29, 0.717) is 5.69 Å². The van der Waals surface area contributed by atoms with E-state index in [1.54, 1.807) is 0 Å². The van der Waals surface area contributed by atoms with Crippen LogP contribution in [0.5, 0.6) is 0 Å². The molecule has 0 aliphatic rings. The molecular weight excluding hydrogens is 235 g/mol. The van der Waals surface area contributed by atoms with Gasteiger partial charge in [-0.25, -0.2) is 9.38 Å². The molecule has 2 N–H and O–H groups in total. The largest absolute Gasteiger partial charge is 0.469 e. The van der Waals surface area contributed by atoms with Crippen molar-refractivity contribution in [1.82, 2.24) is 0 Å². The molecule has 0 fully saturated rings. The van der Waals surface area contributed by atoms with Gasteiger partial charge >= 0.3 is 5.97 Å². The van der Waals surface area contributed by atoms with E-state index in [9.17, 15) is 9.18 Å². The summed E-state index contributed by atoms with van der Waals surface area (Å²) in [5.41, 5.74) is 5.97. The molecule has 4 nitrogen and oxygen atoms in total. The van der Waals surface area contributed by atoms with Gasteiger partial charge in [0, 0.05) is 0 Å². The molecule has 0 saturated heterocycles. The number of methoxy groups -OCH3 is 1. The van der Waals surface area contributed by atoms with E-state index < -0.39 is 5.97 Å². The van der Waals surface area contributed by atoms with E-state index in [1.165, 1.54) is 31.4 Å². The van der Waals surface area contributed by atoms with Crippen molar-refractivity contribution in [3.63, 3.8) is 0 Å². The monoisotopic (exact) mass is 246 g/mol. The van der Waals surface area contributed by atoms with Crippen LogP contribution in [-0.2, 0) is 9.53 Å². The predicted molar refractivity (Wildman–Crippen MR) is 61.6 cm³/mol. The molecule has 1 aromatic rings. The lowest BCUT2D eigenvalue weighted by Crippen LogP contribution is -2.17. The minimum atomic E-state index is -0.460. The summed E-state index contributed by atoms with van der Waals surface area (Å²) >= 11 is 0. The van der Waals surface area contributed by atoms with Crippen LogP contribution in [0.15, 0.2) is 29.3 Å². The van der Waals surface area contributed by atoms with Crippen molar-refractivity contribution < 1.29 is 13.9 Å². The first kappa shape index (κ1) is 14.4. The fraction of sp³-hybridized carbons (Fsp3) is 0.200. The second kappa shape index (κ2) is 6.79. The lowest BCUT2D eigenvalue weighted by atomic mass is 10.3. The number of halogens is 2. The minimum absolute atomic E-state index is 0. The second-order valence-corrected chi connectivity index (χ2v) is 2.83. The first-order valence-corrected chi connectivity index (χ1v) is 4.27. The van der Waals surface area contributed by atoms with Crippen LogP contribution >= 0.6 is 12.4 Å². The van der Waals surface area contributed by atoms with Crippen LogP contribution in [0, 0.1) is 5.82 Å². The molecule has 0 bridgehead atoms. The number of benzene rings is 1. The number of aliphatic imine (C=N–C) groups is 1. The average Bonchev–Trinajstić information content (AvgIpc) is 2.21. The third kappa shape index (κ3) is 4.75. The Morgan fingerprint density at radius 3 is 2.50 bits per heavy atom. The quantitative estimate of drug-likeness (QED) is 0.502. The van der Waals surface area contributed by atoms with Crippen LogP contribution in [0.3, 0.4) is 0 Å². The van der Waals surface area contributed by atoms with Crippen molar-refractivity contribution in [2.24, 2.45) is 10.7 Å². The summed E-state index contributed by atoms with van der Waals surface area (Å²) < 4.78 is 17.0. The number of nitrogens with two attached hydrogens (primary N) is 1. The van der Waals surface area contributed by atoms with Crippen LogP contribution < -0.4 is 5.73 Å². The zero-order valence-corrected chi connectivity index (χ0v) is 9.46. The first-order chi connectivity index (χ1) is 7.11. The predicted octanol–water partition coefficient (Wildman–Crippen LogP) is 1.80. The van der Waals surface area contributed by atoms with Gasteiger partial charge in [0.25, 0.3) is 0 Å². The Hall–Kier alpha value is -1.62. The van der Waals surface area contributed by atoms with Crippen molar-refractivity contribution in [2.45, 2.75) is 6.42 Å². The van der Waals surface area contributed by atoms with Gasteiger partial charge in [0.05, 0.1) is 12.8 Å². The van der Waals surface area contributed by atoms with Gasteiger partial charge in [-0.15, -0.1) is 12.4 Å². The summed E-state index contributed by atoms with van der Waals surface area (Å²) in [4.78, 5) is 14.7. The molecule has 0 aliphatic carbocycles. The van der Waals surface area contributed by atoms with Crippen molar-refractivity contribution in [3.05, 3.63) is 30.1 Å². The number of ether oxygens (including phenoxy) is 1. The standard InChI is InChI=1S/C10H11FN2O2.ClH/c1-15-10(14)6-9(12)13-8-4-2-7(11)3-5-8;/h2-5H,6H2,1H3,(H2,12,13);1H. The number of hydrogen-bond acceptors (Lipinski definition) is 3. The van der Waals surface area contributed by atoms with Gasteiger partial charge in [-0.2, -0.15) is 0 Å².